The molecule has 1 aliphatic rings. The molecule has 0 amide bonds. The summed E-state index contributed by atoms with van der Waals surface area (Å²) in [6.07, 6.45) is 1.47. The average Bonchev–Trinajstić information content (AvgIpc) is 3.08. The number of hydrogen-bond donors (Lipinski definition) is 1. The predicted octanol–water partition coefficient (Wildman–Crippen LogP) is 3.26. The quantitative estimate of drug-likeness (QED) is 0.663. The Kier molecular flexibility index (Phi) is 1.82. The van der Waals surface area contributed by atoms with Gasteiger partial charge >= 0.3 is 0 Å². The lowest BCUT2D eigenvalue weighted by molar-refractivity contribution is 0.408. The largest absolute Gasteiger partial charge is 0.373 e. The van der Waals surface area contributed by atoms with Crippen LogP contribution >= 0.6 is 0 Å². The van der Waals surface area contributed by atoms with E-state index in [-0.39, 0.29) is 0 Å². The molecule has 1 atom stereocenters. The van der Waals surface area contributed by atoms with Gasteiger partial charge in [-0.25, -0.2) is 0 Å². The molecule has 2 heterocycles. The van der Waals surface area contributed by atoms with Crippen molar-refractivity contribution in [2.45, 2.75) is 12.5 Å². The second-order valence-electron chi connectivity index (χ2n) is 4.67. The molecule has 17 heavy (non-hydrogen) atoms. The minimum atomic E-state index is 0.439. The first kappa shape index (κ1) is 9.25. The zero-order chi connectivity index (χ0) is 11.2. The van der Waals surface area contributed by atoms with Gasteiger partial charge in [-0.05, 0) is 17.7 Å². The fourth-order valence-electron chi connectivity index (χ4n) is 2.58. The van der Waals surface area contributed by atoms with Crippen LogP contribution in [0, 0.1) is 0 Å². The summed E-state index contributed by atoms with van der Waals surface area (Å²) < 4.78 is 5.34. The molecule has 1 N–H and O–H groups in total. The molecule has 3 aromatic rings. The second-order valence-corrected chi connectivity index (χ2v) is 4.67. The van der Waals surface area contributed by atoms with Crippen LogP contribution in [-0.2, 0) is 11.2 Å². The van der Waals surface area contributed by atoms with E-state index < -0.39 is 0 Å². The number of nitrogens with one attached hydrogen (secondary N) is 1. The summed E-state index contributed by atoms with van der Waals surface area (Å²) >= 11 is 0. The van der Waals surface area contributed by atoms with Gasteiger partial charge in [0.15, 0.2) is 0 Å². The highest BCUT2D eigenvalue weighted by Crippen LogP contribution is 2.30. The van der Waals surface area contributed by atoms with Crippen molar-refractivity contribution in [2.24, 2.45) is 0 Å². The summed E-state index contributed by atoms with van der Waals surface area (Å²) in [5, 5.41) is 2.68. The molecular weight excluding hydrogens is 210 g/mol. The first-order valence-corrected chi connectivity index (χ1v) is 6.02. The summed E-state index contributed by atoms with van der Waals surface area (Å²) in [6.45, 7) is 0.915. The Morgan fingerprint density at radius 3 is 2.76 bits per heavy atom. The number of fused-ring (bicyclic) bond motifs is 3. The maximum absolute atomic E-state index is 5.34. The number of epoxide rings is 1. The first-order valence-electron chi connectivity index (χ1n) is 6.02. The standard InChI is InChI=1S/C15H13NO/c1-2-6-13-12(5-1)15-10(8-11-9-17-11)4-3-7-14(15)16-13/h1-7,11,16H,8-9H2. The molecule has 2 aromatic carbocycles. The van der Waals surface area contributed by atoms with Gasteiger partial charge in [0.05, 0.1) is 12.7 Å². The maximum Gasteiger partial charge on any atom is 0.0850 e. The summed E-state index contributed by atoms with van der Waals surface area (Å²) in [5.74, 6) is 0. The Bertz CT molecular complexity index is 694. The van der Waals surface area contributed by atoms with E-state index in [2.05, 4.69) is 47.4 Å². The normalized spacial score (nSPS) is 18.9. The SMILES string of the molecule is c1ccc2c(c1)[nH]c1cccc(CC3CO3)c12. The Morgan fingerprint density at radius 1 is 1.06 bits per heavy atom. The van der Waals surface area contributed by atoms with E-state index in [1.165, 1.54) is 27.4 Å². The van der Waals surface area contributed by atoms with Gasteiger partial charge in [-0.1, -0.05) is 30.3 Å². The number of benzene rings is 2. The molecule has 0 saturated carbocycles. The number of H-pyrrole nitrogens is 1. The van der Waals surface area contributed by atoms with Crippen molar-refractivity contribution < 1.29 is 4.74 Å². The Morgan fingerprint density at radius 2 is 1.88 bits per heavy atom. The summed E-state index contributed by atoms with van der Waals surface area (Å²) in [6, 6.07) is 15.0. The van der Waals surface area contributed by atoms with Crippen molar-refractivity contribution in [3.63, 3.8) is 0 Å². The molecule has 1 aliphatic heterocycles. The van der Waals surface area contributed by atoms with Gasteiger partial charge in [0, 0.05) is 28.2 Å². The molecule has 2 heteroatoms. The smallest absolute Gasteiger partial charge is 0.0850 e. The van der Waals surface area contributed by atoms with E-state index in [0.29, 0.717) is 6.10 Å². The summed E-state index contributed by atoms with van der Waals surface area (Å²) in [7, 11) is 0. The van der Waals surface area contributed by atoms with E-state index in [1.807, 2.05) is 0 Å². The molecule has 1 saturated heterocycles. The van der Waals surface area contributed by atoms with Crippen molar-refractivity contribution in [3.05, 3.63) is 48.0 Å². The molecule has 1 aromatic heterocycles. The Hall–Kier alpha value is -1.80. The number of aromatic amines is 1. The van der Waals surface area contributed by atoms with Gasteiger partial charge in [0.25, 0.3) is 0 Å². The van der Waals surface area contributed by atoms with Gasteiger partial charge in [0.1, 0.15) is 0 Å². The Labute approximate surface area is 99.2 Å². The van der Waals surface area contributed by atoms with Gasteiger partial charge < -0.3 is 9.72 Å². The lowest BCUT2D eigenvalue weighted by atomic mass is 10.0. The van der Waals surface area contributed by atoms with Gasteiger partial charge in [-0.15, -0.1) is 0 Å². The lowest BCUT2D eigenvalue weighted by Gasteiger charge is -2.01. The number of hydrogen-bond acceptors (Lipinski definition) is 1. The van der Waals surface area contributed by atoms with Crippen LogP contribution < -0.4 is 0 Å². The van der Waals surface area contributed by atoms with Crippen LogP contribution in [0.25, 0.3) is 21.8 Å². The highest BCUT2D eigenvalue weighted by Gasteiger charge is 2.23. The van der Waals surface area contributed by atoms with Crippen molar-refractivity contribution in [1.29, 1.82) is 0 Å². The molecule has 1 unspecified atom stereocenters. The van der Waals surface area contributed by atoms with Gasteiger partial charge in [0.2, 0.25) is 0 Å². The molecule has 0 radical (unpaired) electrons. The molecule has 84 valence electrons. The summed E-state index contributed by atoms with van der Waals surface area (Å²) in [4.78, 5) is 3.47. The van der Waals surface area contributed by atoms with Gasteiger partial charge in [-0.2, -0.15) is 0 Å². The number of aromatic nitrogens is 1. The number of para-hydroxylation sites is 1. The van der Waals surface area contributed by atoms with E-state index in [0.717, 1.165) is 13.0 Å². The molecular formula is C15H13NO. The third-order valence-corrected chi connectivity index (χ3v) is 3.47. The minimum Gasteiger partial charge on any atom is -0.373 e. The van der Waals surface area contributed by atoms with Crippen LogP contribution in [0.15, 0.2) is 42.5 Å². The maximum atomic E-state index is 5.34. The van der Waals surface area contributed by atoms with Gasteiger partial charge in [-0.3, -0.25) is 0 Å². The van der Waals surface area contributed by atoms with Crippen molar-refractivity contribution in [1.82, 2.24) is 4.98 Å². The van der Waals surface area contributed by atoms with E-state index in [4.69, 9.17) is 4.74 Å². The lowest BCUT2D eigenvalue weighted by Crippen LogP contribution is -1.93. The average molecular weight is 223 g/mol. The van der Waals surface area contributed by atoms with Crippen molar-refractivity contribution >= 4 is 21.8 Å². The van der Waals surface area contributed by atoms with Crippen molar-refractivity contribution in [3.8, 4) is 0 Å². The Balaban J connectivity index is 2.04. The van der Waals surface area contributed by atoms with Crippen LogP contribution in [0.3, 0.4) is 0 Å². The molecule has 0 spiro atoms. The molecule has 1 fully saturated rings. The van der Waals surface area contributed by atoms with Crippen molar-refractivity contribution in [2.75, 3.05) is 6.61 Å². The zero-order valence-corrected chi connectivity index (χ0v) is 9.44. The molecule has 0 bridgehead atoms. The third-order valence-electron chi connectivity index (χ3n) is 3.47. The van der Waals surface area contributed by atoms with Crippen LogP contribution in [0.5, 0.6) is 0 Å². The first-order chi connectivity index (χ1) is 8.42. The van der Waals surface area contributed by atoms with E-state index in [9.17, 15) is 0 Å². The fourth-order valence-corrected chi connectivity index (χ4v) is 2.58. The minimum absolute atomic E-state index is 0.439. The number of rotatable bonds is 2. The molecule has 0 aliphatic carbocycles. The van der Waals surface area contributed by atoms with Crippen LogP contribution in [-0.4, -0.2) is 17.7 Å². The highest BCUT2D eigenvalue weighted by molar-refractivity contribution is 6.08. The molecule has 4 rings (SSSR count). The predicted molar refractivity (Wildman–Crippen MR) is 69.2 cm³/mol. The van der Waals surface area contributed by atoms with Crippen LogP contribution in [0.1, 0.15) is 5.56 Å². The van der Waals surface area contributed by atoms with E-state index in [1.54, 1.807) is 0 Å². The third kappa shape index (κ3) is 1.45. The van der Waals surface area contributed by atoms with Crippen LogP contribution in [0.2, 0.25) is 0 Å². The zero-order valence-electron chi connectivity index (χ0n) is 9.44. The summed E-state index contributed by atoms with van der Waals surface area (Å²) in [5.41, 5.74) is 3.83. The van der Waals surface area contributed by atoms with Crippen LogP contribution in [0.4, 0.5) is 0 Å². The second kappa shape index (κ2) is 3.34. The molecule has 2 nitrogen and oxygen atoms in total. The van der Waals surface area contributed by atoms with E-state index >= 15 is 0 Å². The fraction of sp³-hybridized carbons (Fsp3) is 0.200. The monoisotopic (exact) mass is 223 g/mol. The topological polar surface area (TPSA) is 28.3 Å². The highest BCUT2D eigenvalue weighted by atomic mass is 16.6. The number of ether oxygens (including phenoxy) is 1.